The maximum Gasteiger partial charge on any atom is 0.410 e. The van der Waals surface area contributed by atoms with Crippen molar-refractivity contribution in [3.63, 3.8) is 0 Å². The molecular weight excluding hydrogens is 426 g/mol. The number of anilines is 2. The highest BCUT2D eigenvalue weighted by atomic mass is 16.6. The molecule has 0 radical (unpaired) electrons. The molecule has 1 aromatic heterocycles. The van der Waals surface area contributed by atoms with Crippen molar-refractivity contribution in [1.29, 1.82) is 0 Å². The van der Waals surface area contributed by atoms with Crippen LogP contribution >= 0.6 is 0 Å². The number of hydrogen-bond acceptors (Lipinski definition) is 9. The monoisotopic (exact) mass is 459 g/mol. The lowest BCUT2D eigenvalue weighted by atomic mass is 10.2. The van der Waals surface area contributed by atoms with Crippen LogP contribution in [0.3, 0.4) is 0 Å². The number of aromatic nitrogens is 2. The highest BCUT2D eigenvalue weighted by Gasteiger charge is 2.29. The first-order valence-corrected chi connectivity index (χ1v) is 12.0. The third-order valence-electron chi connectivity index (χ3n) is 6.95. The van der Waals surface area contributed by atoms with Crippen molar-refractivity contribution < 1.29 is 19.1 Å². The zero-order valence-corrected chi connectivity index (χ0v) is 19.1. The Kier molecular flexibility index (Phi) is 6.77. The van der Waals surface area contributed by atoms with E-state index in [1.54, 1.807) is 4.90 Å². The van der Waals surface area contributed by atoms with Crippen LogP contribution in [0.5, 0.6) is 0 Å². The van der Waals surface area contributed by atoms with Crippen molar-refractivity contribution in [3.8, 4) is 0 Å². The molecule has 4 fully saturated rings. The first-order chi connectivity index (χ1) is 16.2. The van der Waals surface area contributed by atoms with Crippen LogP contribution in [-0.4, -0.2) is 128 Å². The number of nitrogens with zero attached hydrogens (tertiary/aromatic N) is 7. The average molecular weight is 460 g/mol. The third kappa shape index (κ3) is 5.30. The van der Waals surface area contributed by atoms with E-state index in [0.29, 0.717) is 45.4 Å². The molecule has 0 saturated carbocycles. The second-order valence-electron chi connectivity index (χ2n) is 9.08. The number of amides is 2. The van der Waals surface area contributed by atoms with Gasteiger partial charge in [-0.15, -0.1) is 10.2 Å². The Morgan fingerprint density at radius 2 is 1.58 bits per heavy atom. The Bertz CT molecular complexity index is 817. The summed E-state index contributed by atoms with van der Waals surface area (Å²) in [6, 6.07) is 4.08. The second kappa shape index (κ2) is 10.1. The van der Waals surface area contributed by atoms with Crippen LogP contribution in [-0.2, 0) is 14.3 Å². The van der Waals surface area contributed by atoms with Crippen LogP contribution in [0.4, 0.5) is 16.4 Å². The third-order valence-corrected chi connectivity index (χ3v) is 6.95. The van der Waals surface area contributed by atoms with Gasteiger partial charge in [0, 0.05) is 65.5 Å². The smallest absolute Gasteiger partial charge is 0.410 e. The van der Waals surface area contributed by atoms with E-state index in [2.05, 4.69) is 31.0 Å². The molecule has 5 heterocycles. The second-order valence-corrected chi connectivity index (χ2v) is 9.08. The zero-order valence-electron chi connectivity index (χ0n) is 19.1. The molecular formula is C22H33N7O4. The van der Waals surface area contributed by atoms with E-state index in [1.807, 2.05) is 6.07 Å². The molecule has 4 aliphatic rings. The maximum atomic E-state index is 12.5. The molecule has 180 valence electrons. The Morgan fingerprint density at radius 1 is 0.909 bits per heavy atom. The lowest BCUT2D eigenvalue weighted by molar-refractivity contribution is -0.132. The topological polar surface area (TPSA) is 94.6 Å². The average Bonchev–Trinajstić information content (AvgIpc) is 3.52. The molecule has 5 rings (SSSR count). The number of hydrogen-bond donors (Lipinski definition) is 0. The molecule has 0 spiro atoms. The largest absolute Gasteiger partial charge is 0.448 e. The predicted molar refractivity (Wildman–Crippen MR) is 121 cm³/mol. The standard InChI is InChI=1S/C22H33N7O4/c30-21(17-29-13-15-33-22(29)31)28-11-9-27(10-12-28)20-4-3-19(23-24-20)26-7-5-25(6-8-26)16-18-2-1-14-32-18/h3-4,18H,1-2,5-17H2. The number of rotatable bonds is 6. The Balaban J connectivity index is 1.07. The molecule has 0 aromatic carbocycles. The number of ether oxygens (including phenoxy) is 2. The summed E-state index contributed by atoms with van der Waals surface area (Å²) in [6.45, 7) is 9.45. The number of carbonyl (C=O) groups is 2. The van der Waals surface area contributed by atoms with Gasteiger partial charge in [-0.25, -0.2) is 4.79 Å². The van der Waals surface area contributed by atoms with E-state index in [9.17, 15) is 9.59 Å². The van der Waals surface area contributed by atoms with E-state index in [0.717, 1.165) is 51.0 Å². The first-order valence-electron chi connectivity index (χ1n) is 12.0. The minimum Gasteiger partial charge on any atom is -0.448 e. The molecule has 0 N–H and O–H groups in total. The molecule has 33 heavy (non-hydrogen) atoms. The minimum atomic E-state index is -0.401. The summed E-state index contributed by atoms with van der Waals surface area (Å²) in [6.07, 6.45) is 2.38. The molecule has 4 aliphatic heterocycles. The van der Waals surface area contributed by atoms with E-state index in [4.69, 9.17) is 9.47 Å². The highest BCUT2D eigenvalue weighted by Crippen LogP contribution is 2.19. The summed E-state index contributed by atoms with van der Waals surface area (Å²) in [5.74, 6) is 1.72. The fraction of sp³-hybridized carbons (Fsp3) is 0.727. The van der Waals surface area contributed by atoms with Crippen LogP contribution in [0.25, 0.3) is 0 Å². The quantitative estimate of drug-likeness (QED) is 0.577. The minimum absolute atomic E-state index is 0.0337. The zero-order chi connectivity index (χ0) is 22.6. The Morgan fingerprint density at radius 3 is 2.12 bits per heavy atom. The van der Waals surface area contributed by atoms with Gasteiger partial charge < -0.3 is 24.2 Å². The molecule has 1 atom stereocenters. The molecule has 11 heteroatoms. The van der Waals surface area contributed by atoms with Crippen LogP contribution in [0, 0.1) is 0 Å². The molecule has 2 amide bonds. The molecule has 4 saturated heterocycles. The highest BCUT2D eigenvalue weighted by molar-refractivity contribution is 5.83. The van der Waals surface area contributed by atoms with E-state index in [1.165, 1.54) is 17.7 Å². The van der Waals surface area contributed by atoms with E-state index >= 15 is 0 Å². The number of cyclic esters (lactones) is 1. The van der Waals surface area contributed by atoms with Gasteiger partial charge in [0.2, 0.25) is 5.91 Å². The van der Waals surface area contributed by atoms with Gasteiger partial charge in [-0.3, -0.25) is 14.6 Å². The van der Waals surface area contributed by atoms with Gasteiger partial charge in [-0.1, -0.05) is 0 Å². The van der Waals surface area contributed by atoms with Crippen LogP contribution in [0.15, 0.2) is 12.1 Å². The lowest BCUT2D eigenvalue weighted by Crippen LogP contribution is -2.51. The van der Waals surface area contributed by atoms with Crippen molar-refractivity contribution in [2.45, 2.75) is 18.9 Å². The SMILES string of the molecule is O=C(CN1CCOC1=O)N1CCN(c2ccc(N3CCN(CC4CCCO4)CC3)nn2)CC1. The van der Waals surface area contributed by atoms with E-state index in [-0.39, 0.29) is 12.5 Å². The lowest BCUT2D eigenvalue weighted by Gasteiger charge is -2.37. The van der Waals surface area contributed by atoms with Crippen LogP contribution in [0.1, 0.15) is 12.8 Å². The molecule has 0 aliphatic carbocycles. The van der Waals surface area contributed by atoms with Crippen LogP contribution < -0.4 is 9.80 Å². The molecule has 11 nitrogen and oxygen atoms in total. The summed E-state index contributed by atoms with van der Waals surface area (Å²) in [5.41, 5.74) is 0. The summed E-state index contributed by atoms with van der Waals surface area (Å²) in [5, 5.41) is 8.96. The van der Waals surface area contributed by atoms with Crippen molar-refractivity contribution in [3.05, 3.63) is 12.1 Å². The van der Waals surface area contributed by atoms with Gasteiger partial charge in [-0.05, 0) is 25.0 Å². The Labute approximate surface area is 194 Å². The fourth-order valence-corrected chi connectivity index (χ4v) is 4.91. The predicted octanol–water partition coefficient (Wildman–Crippen LogP) is -0.122. The van der Waals surface area contributed by atoms with Gasteiger partial charge in [-0.2, -0.15) is 0 Å². The van der Waals surface area contributed by atoms with Crippen molar-refractivity contribution in [2.75, 3.05) is 95.0 Å². The normalized spacial score (nSPS) is 24.5. The van der Waals surface area contributed by atoms with E-state index < -0.39 is 6.09 Å². The maximum absolute atomic E-state index is 12.5. The molecule has 0 bridgehead atoms. The van der Waals surface area contributed by atoms with Crippen LogP contribution in [0.2, 0.25) is 0 Å². The van der Waals surface area contributed by atoms with Gasteiger partial charge in [0.1, 0.15) is 13.2 Å². The summed E-state index contributed by atoms with van der Waals surface area (Å²) in [4.78, 5) is 34.3. The van der Waals surface area contributed by atoms with Crippen molar-refractivity contribution in [1.82, 2.24) is 24.9 Å². The molecule has 1 unspecified atom stereocenters. The molecule has 1 aromatic rings. The summed E-state index contributed by atoms with van der Waals surface area (Å²) < 4.78 is 10.7. The number of piperazine rings is 2. The van der Waals surface area contributed by atoms with Gasteiger partial charge in [0.25, 0.3) is 0 Å². The van der Waals surface area contributed by atoms with Gasteiger partial charge >= 0.3 is 6.09 Å². The van der Waals surface area contributed by atoms with Crippen molar-refractivity contribution >= 4 is 23.6 Å². The Hall–Kier alpha value is -2.66. The fourth-order valence-electron chi connectivity index (χ4n) is 4.91. The van der Waals surface area contributed by atoms with Crippen molar-refractivity contribution in [2.24, 2.45) is 0 Å². The van der Waals surface area contributed by atoms with Gasteiger partial charge in [0.15, 0.2) is 11.6 Å². The number of carbonyl (C=O) groups excluding carboxylic acids is 2. The first kappa shape index (κ1) is 22.1. The summed E-state index contributed by atoms with van der Waals surface area (Å²) >= 11 is 0. The van der Waals surface area contributed by atoms with Gasteiger partial charge in [0.05, 0.1) is 12.6 Å². The summed E-state index contributed by atoms with van der Waals surface area (Å²) in [7, 11) is 0.